The lowest BCUT2D eigenvalue weighted by Gasteiger charge is -2.46. The molecule has 1 heterocycles. The standard InChI is InChI=1S/C18H32N2/c1-4-6-15-7-8-16(14-19)17(13-15)20-11-9-18(3,5-2)10-12-20/h15-17H,4-13H2,1-3H3. The van der Waals surface area contributed by atoms with Gasteiger partial charge in [0.2, 0.25) is 0 Å². The van der Waals surface area contributed by atoms with E-state index in [1.54, 1.807) is 0 Å². The average molecular weight is 276 g/mol. The van der Waals surface area contributed by atoms with Gasteiger partial charge in [-0.15, -0.1) is 0 Å². The highest BCUT2D eigenvalue weighted by Crippen LogP contribution is 2.39. The number of nitrogens with zero attached hydrogens (tertiary/aromatic N) is 2. The van der Waals surface area contributed by atoms with Gasteiger partial charge in [-0.2, -0.15) is 5.26 Å². The van der Waals surface area contributed by atoms with Crippen LogP contribution < -0.4 is 0 Å². The van der Waals surface area contributed by atoms with Crippen molar-refractivity contribution in [1.82, 2.24) is 4.90 Å². The summed E-state index contributed by atoms with van der Waals surface area (Å²) in [5, 5.41) is 9.48. The fourth-order valence-electron chi connectivity index (χ4n) is 4.20. The maximum Gasteiger partial charge on any atom is 0.0672 e. The van der Waals surface area contributed by atoms with Crippen LogP contribution in [0.5, 0.6) is 0 Å². The zero-order chi connectivity index (χ0) is 14.6. The number of likely N-dealkylation sites (tertiary alicyclic amines) is 1. The summed E-state index contributed by atoms with van der Waals surface area (Å²) in [4.78, 5) is 2.66. The van der Waals surface area contributed by atoms with Crippen LogP contribution in [0.2, 0.25) is 0 Å². The molecule has 0 bridgehead atoms. The molecule has 0 aromatic heterocycles. The van der Waals surface area contributed by atoms with Gasteiger partial charge in [-0.25, -0.2) is 0 Å². The molecule has 2 heteroatoms. The number of hydrogen-bond donors (Lipinski definition) is 0. The molecule has 3 unspecified atom stereocenters. The predicted octanol–water partition coefficient (Wildman–Crippen LogP) is 4.61. The molecule has 0 N–H and O–H groups in total. The van der Waals surface area contributed by atoms with Crippen LogP contribution in [0, 0.1) is 28.6 Å². The molecule has 20 heavy (non-hydrogen) atoms. The van der Waals surface area contributed by atoms with Gasteiger partial charge in [0.25, 0.3) is 0 Å². The third-order valence-electron chi connectivity index (χ3n) is 6.12. The molecule has 1 saturated carbocycles. The highest BCUT2D eigenvalue weighted by molar-refractivity contribution is 4.99. The number of rotatable bonds is 4. The van der Waals surface area contributed by atoms with Crippen molar-refractivity contribution in [3.63, 3.8) is 0 Å². The molecule has 1 aliphatic carbocycles. The van der Waals surface area contributed by atoms with Crippen molar-refractivity contribution in [3.8, 4) is 6.07 Å². The Labute approximate surface area is 125 Å². The fourth-order valence-corrected chi connectivity index (χ4v) is 4.20. The molecule has 114 valence electrons. The Morgan fingerprint density at radius 2 is 1.90 bits per heavy atom. The van der Waals surface area contributed by atoms with Crippen molar-refractivity contribution >= 4 is 0 Å². The highest BCUT2D eigenvalue weighted by Gasteiger charge is 2.37. The molecular weight excluding hydrogens is 244 g/mol. The van der Waals surface area contributed by atoms with E-state index in [9.17, 15) is 5.26 Å². The third kappa shape index (κ3) is 3.55. The van der Waals surface area contributed by atoms with Crippen LogP contribution in [0.1, 0.15) is 72.1 Å². The van der Waals surface area contributed by atoms with Crippen LogP contribution >= 0.6 is 0 Å². The maximum absolute atomic E-state index is 9.48. The van der Waals surface area contributed by atoms with Crippen molar-refractivity contribution in [1.29, 1.82) is 5.26 Å². The second kappa shape index (κ2) is 6.94. The largest absolute Gasteiger partial charge is 0.299 e. The fraction of sp³-hybridized carbons (Fsp3) is 0.944. The minimum atomic E-state index is 0.286. The van der Waals surface area contributed by atoms with Crippen LogP contribution in [0.4, 0.5) is 0 Å². The van der Waals surface area contributed by atoms with Crippen LogP contribution in [-0.4, -0.2) is 24.0 Å². The van der Waals surface area contributed by atoms with E-state index in [-0.39, 0.29) is 5.92 Å². The summed E-state index contributed by atoms with van der Waals surface area (Å²) in [6.07, 6.45) is 10.3. The number of piperidine rings is 1. The SMILES string of the molecule is CCCC1CCC(C#N)C(N2CCC(C)(CC)CC2)C1. The number of hydrogen-bond acceptors (Lipinski definition) is 2. The van der Waals surface area contributed by atoms with Gasteiger partial charge < -0.3 is 0 Å². The van der Waals surface area contributed by atoms with E-state index in [1.165, 1.54) is 58.0 Å². The summed E-state index contributed by atoms with van der Waals surface area (Å²) in [6, 6.07) is 3.15. The Morgan fingerprint density at radius 3 is 2.45 bits per heavy atom. The summed E-state index contributed by atoms with van der Waals surface area (Å²) in [5.41, 5.74) is 0.552. The molecule has 2 nitrogen and oxygen atoms in total. The topological polar surface area (TPSA) is 27.0 Å². The Kier molecular flexibility index (Phi) is 5.49. The second-order valence-electron chi connectivity index (χ2n) is 7.47. The van der Waals surface area contributed by atoms with E-state index in [0.29, 0.717) is 11.5 Å². The molecular formula is C18H32N2. The van der Waals surface area contributed by atoms with Crippen molar-refractivity contribution in [3.05, 3.63) is 0 Å². The summed E-state index contributed by atoms with van der Waals surface area (Å²) >= 11 is 0. The Balaban J connectivity index is 1.96. The first kappa shape index (κ1) is 15.8. The lowest BCUT2D eigenvalue weighted by molar-refractivity contribution is 0.0374. The molecule has 1 saturated heterocycles. The molecule has 1 aliphatic heterocycles. The molecule has 0 radical (unpaired) electrons. The normalized spacial score (nSPS) is 34.6. The number of nitriles is 1. The van der Waals surface area contributed by atoms with Gasteiger partial charge in [0.15, 0.2) is 0 Å². The first-order valence-electron chi connectivity index (χ1n) is 8.75. The lowest BCUT2D eigenvalue weighted by Crippen LogP contribution is -2.49. The minimum Gasteiger partial charge on any atom is -0.299 e. The quantitative estimate of drug-likeness (QED) is 0.750. The van der Waals surface area contributed by atoms with E-state index >= 15 is 0 Å². The highest BCUT2D eigenvalue weighted by atomic mass is 15.2. The molecule has 3 atom stereocenters. The molecule has 2 fully saturated rings. The average Bonchev–Trinajstić information content (AvgIpc) is 2.48. The Morgan fingerprint density at radius 1 is 1.20 bits per heavy atom. The van der Waals surface area contributed by atoms with Gasteiger partial charge in [-0.05, 0) is 56.5 Å². The molecule has 0 spiro atoms. The maximum atomic E-state index is 9.48. The summed E-state index contributed by atoms with van der Waals surface area (Å²) in [6.45, 7) is 9.48. The monoisotopic (exact) mass is 276 g/mol. The summed E-state index contributed by atoms with van der Waals surface area (Å²) in [5.74, 6) is 1.16. The van der Waals surface area contributed by atoms with Crippen molar-refractivity contribution in [2.75, 3.05) is 13.1 Å². The van der Waals surface area contributed by atoms with E-state index in [2.05, 4.69) is 31.7 Å². The lowest BCUT2D eigenvalue weighted by atomic mass is 9.73. The molecule has 0 aromatic rings. The van der Waals surface area contributed by atoms with Gasteiger partial charge >= 0.3 is 0 Å². The molecule has 0 aromatic carbocycles. The first-order valence-corrected chi connectivity index (χ1v) is 8.75. The Bertz CT molecular complexity index is 336. The van der Waals surface area contributed by atoms with E-state index in [1.807, 2.05) is 0 Å². The molecule has 2 aliphatic rings. The first-order chi connectivity index (χ1) is 9.61. The van der Waals surface area contributed by atoms with Gasteiger partial charge in [0.1, 0.15) is 0 Å². The second-order valence-corrected chi connectivity index (χ2v) is 7.47. The van der Waals surface area contributed by atoms with Crippen molar-refractivity contribution < 1.29 is 0 Å². The third-order valence-corrected chi connectivity index (χ3v) is 6.12. The van der Waals surface area contributed by atoms with Crippen LogP contribution in [0.25, 0.3) is 0 Å². The van der Waals surface area contributed by atoms with E-state index < -0.39 is 0 Å². The van der Waals surface area contributed by atoms with Gasteiger partial charge in [0, 0.05) is 6.04 Å². The van der Waals surface area contributed by atoms with Gasteiger partial charge in [-0.1, -0.05) is 40.0 Å². The Hall–Kier alpha value is -0.550. The van der Waals surface area contributed by atoms with Gasteiger partial charge in [0.05, 0.1) is 12.0 Å². The van der Waals surface area contributed by atoms with Crippen LogP contribution in [-0.2, 0) is 0 Å². The summed E-state index contributed by atoms with van der Waals surface area (Å²) < 4.78 is 0. The molecule has 0 amide bonds. The minimum absolute atomic E-state index is 0.286. The van der Waals surface area contributed by atoms with Crippen LogP contribution in [0.3, 0.4) is 0 Å². The van der Waals surface area contributed by atoms with Crippen molar-refractivity contribution in [2.24, 2.45) is 17.3 Å². The van der Waals surface area contributed by atoms with Crippen LogP contribution in [0.15, 0.2) is 0 Å². The smallest absolute Gasteiger partial charge is 0.0672 e. The predicted molar refractivity (Wildman–Crippen MR) is 84.3 cm³/mol. The summed E-state index contributed by atoms with van der Waals surface area (Å²) in [7, 11) is 0. The van der Waals surface area contributed by atoms with E-state index in [0.717, 1.165) is 12.3 Å². The van der Waals surface area contributed by atoms with Gasteiger partial charge in [-0.3, -0.25) is 4.90 Å². The van der Waals surface area contributed by atoms with E-state index in [4.69, 9.17) is 0 Å². The zero-order valence-electron chi connectivity index (χ0n) is 13.7. The van der Waals surface area contributed by atoms with Crippen molar-refractivity contribution in [2.45, 2.75) is 78.2 Å². The zero-order valence-corrected chi connectivity index (χ0v) is 13.7. The molecule has 2 rings (SSSR count).